The summed E-state index contributed by atoms with van der Waals surface area (Å²) in [6, 6.07) is 16.1. The Bertz CT molecular complexity index is 1160. The smallest absolute Gasteiger partial charge is 0.254 e. The lowest BCUT2D eigenvalue weighted by atomic mass is 10.0. The van der Waals surface area contributed by atoms with Crippen molar-refractivity contribution < 1.29 is 9.13 Å². The lowest BCUT2D eigenvalue weighted by Gasteiger charge is -2.14. The van der Waals surface area contributed by atoms with Crippen LogP contribution in [0.4, 0.5) is 10.1 Å². The zero-order chi connectivity index (χ0) is 20.9. The van der Waals surface area contributed by atoms with Crippen LogP contribution in [-0.4, -0.2) is 33.1 Å². The maximum absolute atomic E-state index is 13.2. The van der Waals surface area contributed by atoms with Crippen molar-refractivity contribution in [2.45, 2.75) is 6.54 Å². The monoisotopic (exact) mass is 402 g/mol. The molecule has 0 aliphatic heterocycles. The molecule has 2 aromatic carbocycles. The summed E-state index contributed by atoms with van der Waals surface area (Å²) in [6.07, 6.45) is 4.49. The molecule has 30 heavy (non-hydrogen) atoms. The molecule has 8 heteroatoms. The van der Waals surface area contributed by atoms with Gasteiger partial charge in [0.2, 0.25) is 5.88 Å². The van der Waals surface area contributed by atoms with E-state index in [9.17, 15) is 4.39 Å². The van der Waals surface area contributed by atoms with Crippen LogP contribution in [0.25, 0.3) is 17.1 Å². The Kier molecular flexibility index (Phi) is 5.47. The van der Waals surface area contributed by atoms with Crippen LogP contribution in [0.2, 0.25) is 0 Å². The molecule has 0 fully saturated rings. The molecule has 4 aromatic rings. The van der Waals surface area contributed by atoms with E-state index in [1.165, 1.54) is 23.9 Å². The van der Waals surface area contributed by atoms with Gasteiger partial charge in [-0.2, -0.15) is 10.1 Å². The van der Waals surface area contributed by atoms with Gasteiger partial charge < -0.3 is 15.5 Å². The normalized spacial score (nSPS) is 10.6. The lowest BCUT2D eigenvalue weighted by molar-refractivity contribution is 0.397. The Morgan fingerprint density at radius 1 is 1.10 bits per heavy atom. The molecule has 0 saturated carbocycles. The third-order valence-corrected chi connectivity index (χ3v) is 4.51. The van der Waals surface area contributed by atoms with Gasteiger partial charge in [-0.25, -0.2) is 14.1 Å². The topological polar surface area (TPSA) is 88.7 Å². The van der Waals surface area contributed by atoms with Gasteiger partial charge in [0.25, 0.3) is 5.95 Å². The molecule has 0 radical (unpaired) electrons. The third-order valence-electron chi connectivity index (χ3n) is 4.51. The number of aromatic nitrogens is 4. The van der Waals surface area contributed by atoms with Crippen LogP contribution in [0.1, 0.15) is 11.3 Å². The summed E-state index contributed by atoms with van der Waals surface area (Å²) in [5.74, 6) is 0.379. The number of ether oxygens (including phenoxy) is 1. The maximum Gasteiger partial charge on any atom is 0.254 e. The van der Waals surface area contributed by atoms with E-state index in [-0.39, 0.29) is 5.82 Å². The van der Waals surface area contributed by atoms with Gasteiger partial charge in [-0.15, -0.1) is 0 Å². The molecule has 2 N–H and O–H groups in total. The molecular weight excluding hydrogens is 383 g/mol. The van der Waals surface area contributed by atoms with Crippen LogP contribution in [-0.2, 0) is 6.54 Å². The molecule has 0 bridgehead atoms. The summed E-state index contributed by atoms with van der Waals surface area (Å²) in [7, 11) is 1.52. The number of anilines is 1. The molecule has 150 valence electrons. The number of rotatable bonds is 7. The van der Waals surface area contributed by atoms with Crippen molar-refractivity contribution in [3.63, 3.8) is 0 Å². The van der Waals surface area contributed by atoms with Gasteiger partial charge >= 0.3 is 0 Å². The summed E-state index contributed by atoms with van der Waals surface area (Å²) in [4.78, 5) is 8.79. The van der Waals surface area contributed by atoms with Gasteiger partial charge in [0.15, 0.2) is 0 Å². The van der Waals surface area contributed by atoms with Crippen molar-refractivity contribution in [3.05, 3.63) is 84.1 Å². The SMILES string of the molecule is COc1nc(-n2cccn2)nc(C=N)c1NCc1cccc(-c2ccc(F)cc2)c1. The van der Waals surface area contributed by atoms with E-state index >= 15 is 0 Å². The van der Waals surface area contributed by atoms with Gasteiger partial charge in [0, 0.05) is 25.2 Å². The number of halogens is 1. The first-order valence-electron chi connectivity index (χ1n) is 9.23. The number of nitrogens with zero attached hydrogens (tertiary/aromatic N) is 4. The van der Waals surface area contributed by atoms with Crippen molar-refractivity contribution in [1.82, 2.24) is 19.7 Å². The van der Waals surface area contributed by atoms with E-state index in [2.05, 4.69) is 20.4 Å². The summed E-state index contributed by atoms with van der Waals surface area (Å²) < 4.78 is 20.1. The standard InChI is InChI=1S/C22H19FN6O/c1-30-21-20(19(13-24)27-22(28-21)29-11-3-10-26-29)25-14-15-4-2-5-17(12-15)16-6-8-18(23)9-7-16/h2-13,24-25H,14H2,1H3. The number of methoxy groups -OCH3 is 1. The van der Waals surface area contributed by atoms with Crippen molar-refractivity contribution in [2.24, 2.45) is 0 Å². The Labute approximate surface area is 172 Å². The van der Waals surface area contributed by atoms with Crippen LogP contribution in [0.15, 0.2) is 67.0 Å². The first kappa shape index (κ1) is 19.3. The van der Waals surface area contributed by atoms with Gasteiger partial charge in [0.1, 0.15) is 17.2 Å². The summed E-state index contributed by atoms with van der Waals surface area (Å²) in [5, 5.41) is 15.1. The van der Waals surface area contributed by atoms with E-state index in [1.807, 2.05) is 24.3 Å². The van der Waals surface area contributed by atoms with Gasteiger partial charge in [-0.3, -0.25) is 0 Å². The van der Waals surface area contributed by atoms with Crippen molar-refractivity contribution in [2.75, 3.05) is 12.4 Å². The predicted octanol–water partition coefficient (Wildman–Crippen LogP) is 4.09. The molecule has 0 aliphatic carbocycles. The number of nitrogens with one attached hydrogen (secondary N) is 2. The van der Waals surface area contributed by atoms with E-state index in [0.29, 0.717) is 29.8 Å². The van der Waals surface area contributed by atoms with E-state index in [0.717, 1.165) is 22.9 Å². The van der Waals surface area contributed by atoms with Crippen LogP contribution in [0.3, 0.4) is 0 Å². The zero-order valence-corrected chi connectivity index (χ0v) is 16.2. The average molecular weight is 402 g/mol. The molecule has 2 aromatic heterocycles. The molecule has 0 atom stereocenters. The van der Waals surface area contributed by atoms with Crippen molar-refractivity contribution in [3.8, 4) is 23.0 Å². The van der Waals surface area contributed by atoms with E-state index < -0.39 is 0 Å². The second-order valence-corrected chi connectivity index (χ2v) is 6.45. The molecule has 0 saturated heterocycles. The van der Waals surface area contributed by atoms with Gasteiger partial charge in [-0.05, 0) is 41.0 Å². The fraction of sp³-hybridized carbons (Fsp3) is 0.0909. The molecule has 0 spiro atoms. The average Bonchev–Trinajstić information content (AvgIpc) is 3.33. The summed E-state index contributed by atoms with van der Waals surface area (Å²) in [6.45, 7) is 0.469. The maximum atomic E-state index is 13.2. The van der Waals surface area contributed by atoms with Crippen LogP contribution >= 0.6 is 0 Å². The molecular formula is C22H19FN6O. The summed E-state index contributed by atoms with van der Waals surface area (Å²) in [5.41, 5.74) is 3.84. The number of hydrogen-bond donors (Lipinski definition) is 2. The minimum absolute atomic E-state index is 0.263. The Balaban J connectivity index is 1.60. The third kappa shape index (κ3) is 4.02. The van der Waals surface area contributed by atoms with Crippen LogP contribution in [0, 0.1) is 11.2 Å². The molecule has 0 unspecified atom stereocenters. The highest BCUT2D eigenvalue weighted by molar-refractivity contribution is 5.85. The first-order valence-corrected chi connectivity index (χ1v) is 9.23. The second kappa shape index (κ2) is 8.52. The molecule has 4 rings (SSSR count). The Hall–Kier alpha value is -4.07. The number of benzene rings is 2. The van der Waals surface area contributed by atoms with E-state index in [4.69, 9.17) is 10.1 Å². The minimum Gasteiger partial charge on any atom is -0.479 e. The molecule has 0 amide bonds. The Morgan fingerprint density at radius 3 is 2.63 bits per heavy atom. The number of hydrogen-bond acceptors (Lipinski definition) is 6. The second-order valence-electron chi connectivity index (χ2n) is 6.45. The minimum atomic E-state index is -0.263. The van der Waals surface area contributed by atoms with Crippen LogP contribution in [0.5, 0.6) is 5.88 Å². The van der Waals surface area contributed by atoms with Crippen molar-refractivity contribution in [1.29, 1.82) is 5.41 Å². The van der Waals surface area contributed by atoms with Crippen LogP contribution < -0.4 is 10.1 Å². The Morgan fingerprint density at radius 2 is 1.93 bits per heavy atom. The fourth-order valence-corrected chi connectivity index (χ4v) is 3.05. The quantitative estimate of drug-likeness (QED) is 0.455. The fourth-order valence-electron chi connectivity index (χ4n) is 3.05. The van der Waals surface area contributed by atoms with Gasteiger partial charge in [-0.1, -0.05) is 30.3 Å². The molecule has 7 nitrogen and oxygen atoms in total. The lowest BCUT2D eigenvalue weighted by Crippen LogP contribution is -2.11. The van der Waals surface area contributed by atoms with Gasteiger partial charge in [0.05, 0.1) is 7.11 Å². The van der Waals surface area contributed by atoms with Crippen molar-refractivity contribution >= 4 is 11.9 Å². The largest absolute Gasteiger partial charge is 0.479 e. The predicted molar refractivity (Wildman–Crippen MR) is 113 cm³/mol. The van der Waals surface area contributed by atoms with E-state index in [1.54, 1.807) is 30.6 Å². The highest BCUT2D eigenvalue weighted by Crippen LogP contribution is 2.27. The molecule has 2 heterocycles. The first-order chi connectivity index (χ1) is 14.7. The molecule has 0 aliphatic rings. The highest BCUT2D eigenvalue weighted by atomic mass is 19.1. The highest BCUT2D eigenvalue weighted by Gasteiger charge is 2.15. The zero-order valence-electron chi connectivity index (χ0n) is 16.2. The summed E-state index contributed by atoms with van der Waals surface area (Å²) >= 11 is 0.